The molecule has 3 heteroatoms. The maximum absolute atomic E-state index is 6.75. The van der Waals surface area contributed by atoms with Crippen LogP contribution in [0.1, 0.15) is 0 Å². The van der Waals surface area contributed by atoms with E-state index in [4.69, 9.17) is 4.42 Å². The molecule has 13 rings (SSSR count). The van der Waals surface area contributed by atoms with Crippen LogP contribution in [0.25, 0.3) is 108 Å². The number of hydrogen-bond donors (Lipinski definition) is 0. The molecule has 2 nitrogen and oxygen atoms in total. The second kappa shape index (κ2) is 14.3. The highest BCUT2D eigenvalue weighted by molar-refractivity contribution is 7.26. The molecule has 0 aliphatic carbocycles. The van der Waals surface area contributed by atoms with E-state index >= 15 is 0 Å². The fourth-order valence-electron chi connectivity index (χ4n) is 10.0. The first-order chi connectivity index (χ1) is 31.3. The first kappa shape index (κ1) is 35.7. The molecule has 0 spiro atoms. The lowest BCUT2D eigenvalue weighted by Crippen LogP contribution is -2.10. The molecule has 0 fully saturated rings. The molecule has 0 aliphatic rings. The van der Waals surface area contributed by atoms with Gasteiger partial charge in [-0.05, 0) is 109 Å². The maximum Gasteiger partial charge on any atom is 0.143 e. The third-order valence-electron chi connectivity index (χ3n) is 12.9. The smallest absolute Gasteiger partial charge is 0.143 e. The third-order valence-corrected chi connectivity index (χ3v) is 14.1. The minimum atomic E-state index is 0.865. The van der Waals surface area contributed by atoms with E-state index < -0.39 is 0 Å². The van der Waals surface area contributed by atoms with Gasteiger partial charge in [0.2, 0.25) is 0 Å². The average Bonchev–Trinajstić information content (AvgIpc) is 3.94. The molecule has 0 saturated heterocycles. The molecule has 0 amide bonds. The van der Waals surface area contributed by atoms with Crippen molar-refractivity contribution in [1.29, 1.82) is 0 Å². The normalized spacial score (nSPS) is 11.8. The summed E-state index contributed by atoms with van der Waals surface area (Å²) in [5, 5.41) is 12.1. The summed E-state index contributed by atoms with van der Waals surface area (Å²) in [5.74, 6) is 0. The molecule has 0 unspecified atom stereocenters. The van der Waals surface area contributed by atoms with Crippen LogP contribution in [0.4, 0.5) is 17.1 Å². The quantitative estimate of drug-likeness (QED) is 0.155. The number of benzene rings is 11. The number of fused-ring (bicyclic) bond motifs is 11. The van der Waals surface area contributed by atoms with Gasteiger partial charge in [-0.1, -0.05) is 176 Å². The van der Waals surface area contributed by atoms with E-state index in [0.29, 0.717) is 0 Å². The van der Waals surface area contributed by atoms with Gasteiger partial charge in [-0.15, -0.1) is 11.3 Å². The van der Waals surface area contributed by atoms with Gasteiger partial charge in [-0.25, -0.2) is 0 Å². The Labute approximate surface area is 368 Å². The first-order valence-corrected chi connectivity index (χ1v) is 22.3. The maximum atomic E-state index is 6.75. The molecule has 11 aromatic carbocycles. The van der Waals surface area contributed by atoms with Crippen molar-refractivity contribution in [3.05, 3.63) is 224 Å². The molecule has 13 aromatic rings. The molecule has 294 valence electrons. The van der Waals surface area contributed by atoms with Gasteiger partial charge < -0.3 is 9.32 Å². The molecule has 2 aromatic heterocycles. The van der Waals surface area contributed by atoms with Gasteiger partial charge in [0.1, 0.15) is 11.2 Å². The fraction of sp³-hybridized carbons (Fsp3) is 0. The van der Waals surface area contributed by atoms with Crippen LogP contribution in [0.5, 0.6) is 0 Å². The highest BCUT2D eigenvalue weighted by atomic mass is 32.1. The molecular formula is C60H37NOS. The van der Waals surface area contributed by atoms with Crippen LogP contribution in [-0.2, 0) is 0 Å². The van der Waals surface area contributed by atoms with Gasteiger partial charge in [0.05, 0.1) is 11.1 Å². The Hall–Kier alpha value is -7.98. The number of hydrogen-bond acceptors (Lipinski definition) is 3. The number of thiophene rings is 1. The molecule has 0 N–H and O–H groups in total. The van der Waals surface area contributed by atoms with Gasteiger partial charge in [0, 0.05) is 42.3 Å². The molecule has 0 radical (unpaired) electrons. The Bertz CT molecular complexity index is 3900. The Morgan fingerprint density at radius 2 is 0.905 bits per heavy atom. The van der Waals surface area contributed by atoms with Gasteiger partial charge in [-0.3, -0.25) is 0 Å². The van der Waals surface area contributed by atoms with Gasteiger partial charge in [-0.2, -0.15) is 0 Å². The predicted octanol–water partition coefficient (Wildman–Crippen LogP) is 17.9. The van der Waals surface area contributed by atoms with Crippen molar-refractivity contribution in [3.63, 3.8) is 0 Å². The van der Waals surface area contributed by atoms with Crippen LogP contribution >= 0.6 is 11.3 Å². The lowest BCUT2D eigenvalue weighted by molar-refractivity contribution is 0.672. The van der Waals surface area contributed by atoms with Crippen molar-refractivity contribution in [2.24, 2.45) is 0 Å². The van der Waals surface area contributed by atoms with Crippen molar-refractivity contribution in [2.45, 2.75) is 0 Å². The van der Waals surface area contributed by atoms with Gasteiger partial charge in [0.15, 0.2) is 0 Å². The molecule has 0 aliphatic heterocycles. The molecule has 0 saturated carbocycles. The van der Waals surface area contributed by atoms with Crippen LogP contribution in [0.15, 0.2) is 229 Å². The molecule has 2 heterocycles. The molecule has 63 heavy (non-hydrogen) atoms. The van der Waals surface area contributed by atoms with E-state index in [9.17, 15) is 0 Å². The minimum Gasteiger partial charge on any atom is -0.455 e. The van der Waals surface area contributed by atoms with E-state index in [1.54, 1.807) is 0 Å². The number of nitrogens with zero attached hydrogens (tertiary/aromatic N) is 1. The lowest BCUT2D eigenvalue weighted by atomic mass is 9.85. The SMILES string of the molecule is c1ccc(-c2c(-c3ccc(N(c4ccc(-c5cccc6c5sc5ccccc56)cc4)c4cccc5oc6c7ccccc7ccc6c45)cc3)c3ccccc3c3ccccc23)cc1. The minimum absolute atomic E-state index is 0.865. The zero-order chi connectivity index (χ0) is 41.4. The fourth-order valence-corrected chi connectivity index (χ4v) is 11.3. The van der Waals surface area contributed by atoms with Crippen molar-refractivity contribution in [3.8, 4) is 33.4 Å². The average molecular weight is 820 g/mol. The van der Waals surface area contributed by atoms with Crippen molar-refractivity contribution in [2.75, 3.05) is 4.90 Å². The second-order valence-corrected chi connectivity index (χ2v) is 17.4. The Morgan fingerprint density at radius 3 is 1.62 bits per heavy atom. The van der Waals surface area contributed by atoms with E-state index in [1.165, 1.54) is 80.5 Å². The summed E-state index contributed by atoms with van der Waals surface area (Å²) >= 11 is 1.87. The number of rotatable bonds is 6. The van der Waals surface area contributed by atoms with Crippen LogP contribution in [0.3, 0.4) is 0 Å². The highest BCUT2D eigenvalue weighted by Crippen LogP contribution is 2.48. The summed E-state index contributed by atoms with van der Waals surface area (Å²) in [6.07, 6.45) is 0. The van der Waals surface area contributed by atoms with Crippen LogP contribution < -0.4 is 4.90 Å². The number of furan rings is 1. The van der Waals surface area contributed by atoms with Crippen LogP contribution in [-0.4, -0.2) is 0 Å². The summed E-state index contributed by atoms with van der Waals surface area (Å²) in [4.78, 5) is 2.40. The standard InChI is InChI=1S/C60H37NOS/c1-2-15-40(16-3-1)56-49-21-8-6-18-46(49)47-19-7-9-22-50(47)57(56)41-30-35-43(36-31-41)61(53-25-13-26-54-58(53)52-37-32-38-14-4-5-17-44(38)59(52)62-54)42-33-28-39(29-34-42)45-23-12-24-51-48-20-10-11-27-55(48)63-60(45)51/h1-37H. The van der Waals surface area contributed by atoms with Gasteiger partial charge >= 0.3 is 0 Å². The van der Waals surface area contributed by atoms with Crippen molar-refractivity contribution < 1.29 is 4.42 Å². The summed E-state index contributed by atoms with van der Waals surface area (Å²) in [6, 6.07) is 81.6. The Kier molecular flexibility index (Phi) is 8.12. The lowest BCUT2D eigenvalue weighted by Gasteiger charge is -2.27. The molecular weight excluding hydrogens is 783 g/mol. The van der Waals surface area contributed by atoms with Crippen molar-refractivity contribution >= 4 is 103 Å². The summed E-state index contributed by atoms with van der Waals surface area (Å²) < 4.78 is 9.38. The van der Waals surface area contributed by atoms with E-state index in [0.717, 1.165) is 44.4 Å². The zero-order valence-corrected chi connectivity index (χ0v) is 34.9. The summed E-state index contributed by atoms with van der Waals surface area (Å²) in [5.41, 5.74) is 12.3. The monoisotopic (exact) mass is 819 g/mol. The van der Waals surface area contributed by atoms with E-state index in [1.807, 2.05) is 11.3 Å². The van der Waals surface area contributed by atoms with Crippen LogP contribution in [0, 0.1) is 0 Å². The Morgan fingerprint density at radius 1 is 0.349 bits per heavy atom. The highest BCUT2D eigenvalue weighted by Gasteiger charge is 2.22. The molecule has 0 bridgehead atoms. The van der Waals surface area contributed by atoms with E-state index in [-0.39, 0.29) is 0 Å². The molecule has 0 atom stereocenters. The third kappa shape index (κ3) is 5.64. The number of anilines is 3. The summed E-state index contributed by atoms with van der Waals surface area (Å²) in [6.45, 7) is 0. The van der Waals surface area contributed by atoms with Crippen molar-refractivity contribution in [1.82, 2.24) is 0 Å². The summed E-state index contributed by atoms with van der Waals surface area (Å²) in [7, 11) is 0. The predicted molar refractivity (Wildman–Crippen MR) is 270 cm³/mol. The van der Waals surface area contributed by atoms with Crippen LogP contribution in [0.2, 0.25) is 0 Å². The second-order valence-electron chi connectivity index (χ2n) is 16.3. The van der Waals surface area contributed by atoms with Gasteiger partial charge in [0.25, 0.3) is 0 Å². The van der Waals surface area contributed by atoms with E-state index in [2.05, 4.69) is 229 Å². The zero-order valence-electron chi connectivity index (χ0n) is 34.1. The largest absolute Gasteiger partial charge is 0.455 e. The topological polar surface area (TPSA) is 16.4 Å². The Balaban J connectivity index is 1.02. The first-order valence-electron chi connectivity index (χ1n) is 21.5.